The molecule has 3 N–H and O–H groups in total. The number of nitrogen functional groups attached to an aromatic ring is 1. The van der Waals surface area contributed by atoms with E-state index in [0.717, 1.165) is 26.2 Å². The molecule has 0 aliphatic heterocycles. The van der Waals surface area contributed by atoms with Crippen LogP contribution in [0.2, 0.25) is 0 Å². The number of anilines is 2. The minimum Gasteiger partial charge on any atom is -0.395 e. The van der Waals surface area contributed by atoms with E-state index in [1.807, 2.05) is 6.07 Å². The molecule has 0 aliphatic carbocycles. The van der Waals surface area contributed by atoms with Crippen LogP contribution in [0.4, 0.5) is 11.5 Å². The number of pyridine rings is 1. The van der Waals surface area contributed by atoms with Crippen molar-refractivity contribution in [3.05, 3.63) is 17.8 Å². The fourth-order valence-electron chi connectivity index (χ4n) is 1.58. The first-order chi connectivity index (χ1) is 8.22. The summed E-state index contributed by atoms with van der Waals surface area (Å²) in [5.41, 5.74) is 6.70. The van der Waals surface area contributed by atoms with Gasteiger partial charge in [0.15, 0.2) is 5.82 Å². The van der Waals surface area contributed by atoms with Crippen LogP contribution in [0, 0.1) is 11.3 Å². The average molecular weight is 233 g/mol. The molecule has 1 aromatic heterocycles. The number of nitrogens with one attached hydrogen (secondary N) is 1. The second-order valence-electron chi connectivity index (χ2n) is 3.69. The third-order valence-electron chi connectivity index (χ3n) is 2.73. The van der Waals surface area contributed by atoms with Crippen molar-refractivity contribution in [2.24, 2.45) is 0 Å². The third-order valence-corrected chi connectivity index (χ3v) is 2.73. The Bertz CT molecular complexity index is 392. The molecule has 0 spiro atoms. The summed E-state index contributed by atoms with van der Waals surface area (Å²) in [6.07, 6.45) is 1.59. The second-order valence-corrected chi connectivity index (χ2v) is 3.69. The maximum Gasteiger partial charge on any atom is 0.150 e. The number of rotatable bonds is 6. The first-order valence-electron chi connectivity index (χ1n) is 5.83. The van der Waals surface area contributed by atoms with Crippen molar-refractivity contribution in [3.63, 3.8) is 0 Å². The predicted octanol–water partition coefficient (Wildman–Crippen LogP) is 1.29. The topological polar surface area (TPSA) is 78.0 Å². The van der Waals surface area contributed by atoms with Crippen molar-refractivity contribution in [2.45, 2.75) is 13.8 Å². The molecule has 5 nitrogen and oxygen atoms in total. The molecule has 0 saturated carbocycles. The number of nitrogens with zero attached hydrogens (tertiary/aromatic N) is 3. The van der Waals surface area contributed by atoms with E-state index in [4.69, 9.17) is 11.0 Å². The van der Waals surface area contributed by atoms with E-state index in [9.17, 15) is 0 Å². The van der Waals surface area contributed by atoms with Crippen molar-refractivity contribution < 1.29 is 0 Å². The van der Waals surface area contributed by atoms with Gasteiger partial charge >= 0.3 is 0 Å². The summed E-state index contributed by atoms with van der Waals surface area (Å²) in [6, 6.07) is 3.66. The Kier molecular flexibility index (Phi) is 5.24. The van der Waals surface area contributed by atoms with Crippen LogP contribution < -0.4 is 11.1 Å². The number of likely N-dealkylation sites (N-methyl/N-ethyl adjacent to an activating group) is 1. The lowest BCUT2D eigenvalue weighted by Crippen LogP contribution is -2.29. The largest absolute Gasteiger partial charge is 0.395 e. The Morgan fingerprint density at radius 2 is 2.18 bits per heavy atom. The van der Waals surface area contributed by atoms with Gasteiger partial charge in [-0.05, 0) is 19.2 Å². The molecule has 0 radical (unpaired) electrons. The van der Waals surface area contributed by atoms with Gasteiger partial charge in [0.25, 0.3) is 0 Å². The van der Waals surface area contributed by atoms with E-state index in [1.54, 1.807) is 12.3 Å². The molecule has 92 valence electrons. The summed E-state index contributed by atoms with van der Waals surface area (Å²) in [7, 11) is 0. The van der Waals surface area contributed by atoms with Crippen molar-refractivity contribution in [3.8, 4) is 6.07 Å². The quantitative estimate of drug-likeness (QED) is 0.774. The Morgan fingerprint density at radius 1 is 1.47 bits per heavy atom. The van der Waals surface area contributed by atoms with E-state index in [-0.39, 0.29) is 0 Å². The molecule has 0 aromatic carbocycles. The number of nitrogens with two attached hydrogens (primary N) is 1. The molecule has 0 amide bonds. The maximum absolute atomic E-state index is 8.84. The minimum atomic E-state index is 0.426. The summed E-state index contributed by atoms with van der Waals surface area (Å²) < 4.78 is 0. The van der Waals surface area contributed by atoms with E-state index in [2.05, 4.69) is 29.0 Å². The first-order valence-corrected chi connectivity index (χ1v) is 5.83. The molecular weight excluding hydrogens is 214 g/mol. The molecule has 0 bridgehead atoms. The first kappa shape index (κ1) is 13.3. The normalized spacial score (nSPS) is 10.2. The summed E-state index contributed by atoms with van der Waals surface area (Å²) in [5, 5.41) is 12.0. The molecule has 0 atom stereocenters. The fraction of sp³-hybridized carbons (Fsp3) is 0.500. The number of nitriles is 1. The summed E-state index contributed by atoms with van der Waals surface area (Å²) in [4.78, 5) is 6.43. The van der Waals surface area contributed by atoms with Crippen molar-refractivity contribution in [1.82, 2.24) is 9.88 Å². The van der Waals surface area contributed by atoms with E-state index in [1.165, 1.54) is 0 Å². The third kappa shape index (κ3) is 3.61. The Morgan fingerprint density at radius 3 is 2.76 bits per heavy atom. The lowest BCUT2D eigenvalue weighted by atomic mass is 10.2. The van der Waals surface area contributed by atoms with Crippen LogP contribution in [0.15, 0.2) is 12.3 Å². The zero-order valence-corrected chi connectivity index (χ0v) is 10.4. The molecule has 0 saturated heterocycles. The molecule has 0 fully saturated rings. The van der Waals surface area contributed by atoms with Crippen molar-refractivity contribution >= 4 is 11.5 Å². The summed E-state index contributed by atoms with van der Waals surface area (Å²) in [5.74, 6) is 0.594. The lowest BCUT2D eigenvalue weighted by Gasteiger charge is -2.18. The number of aromatic nitrogens is 1. The van der Waals surface area contributed by atoms with Crippen LogP contribution in [0.3, 0.4) is 0 Å². The highest BCUT2D eigenvalue weighted by Gasteiger charge is 2.05. The maximum atomic E-state index is 8.84. The van der Waals surface area contributed by atoms with Gasteiger partial charge in [-0.15, -0.1) is 0 Å². The fourth-order valence-corrected chi connectivity index (χ4v) is 1.58. The highest BCUT2D eigenvalue weighted by Crippen LogP contribution is 2.18. The second kappa shape index (κ2) is 6.71. The highest BCUT2D eigenvalue weighted by molar-refractivity contribution is 5.68. The van der Waals surface area contributed by atoms with E-state index >= 15 is 0 Å². The molecule has 1 heterocycles. The predicted molar refractivity (Wildman–Crippen MR) is 69.6 cm³/mol. The lowest BCUT2D eigenvalue weighted by molar-refractivity contribution is 0.316. The Hall–Kier alpha value is -1.80. The van der Waals surface area contributed by atoms with Gasteiger partial charge in [-0.3, -0.25) is 0 Å². The smallest absolute Gasteiger partial charge is 0.150 e. The van der Waals surface area contributed by atoms with Gasteiger partial charge in [0, 0.05) is 19.3 Å². The van der Waals surface area contributed by atoms with Crippen LogP contribution in [0.1, 0.15) is 19.4 Å². The van der Waals surface area contributed by atoms with E-state index < -0.39 is 0 Å². The van der Waals surface area contributed by atoms with Gasteiger partial charge in [0.05, 0.1) is 11.3 Å². The molecule has 1 aromatic rings. The molecule has 0 unspecified atom stereocenters. The van der Waals surface area contributed by atoms with Gasteiger partial charge in [-0.25, -0.2) is 4.98 Å². The summed E-state index contributed by atoms with van der Waals surface area (Å²) >= 11 is 0. The number of hydrogen-bond donors (Lipinski definition) is 2. The molecule has 0 aliphatic rings. The van der Waals surface area contributed by atoms with Gasteiger partial charge in [0.2, 0.25) is 0 Å². The standard InChI is InChI=1S/C12H19N5/c1-3-17(4-2)8-7-16-12-11(14)10(9-13)5-6-15-12/h5-6H,3-4,7-8,14H2,1-2H3,(H,15,16). The Balaban J connectivity index is 2.55. The van der Waals surface area contributed by atoms with Crippen LogP contribution in [0.25, 0.3) is 0 Å². The van der Waals surface area contributed by atoms with Crippen molar-refractivity contribution in [1.29, 1.82) is 5.26 Å². The monoisotopic (exact) mass is 233 g/mol. The van der Waals surface area contributed by atoms with Gasteiger partial charge in [-0.1, -0.05) is 13.8 Å². The Labute approximate surface area is 102 Å². The zero-order chi connectivity index (χ0) is 12.7. The number of hydrogen-bond acceptors (Lipinski definition) is 5. The van der Waals surface area contributed by atoms with Crippen LogP contribution >= 0.6 is 0 Å². The minimum absolute atomic E-state index is 0.426. The van der Waals surface area contributed by atoms with Crippen molar-refractivity contribution in [2.75, 3.05) is 37.2 Å². The zero-order valence-electron chi connectivity index (χ0n) is 10.4. The van der Waals surface area contributed by atoms with Gasteiger partial charge < -0.3 is 16.0 Å². The van der Waals surface area contributed by atoms with Crippen LogP contribution in [-0.2, 0) is 0 Å². The van der Waals surface area contributed by atoms with Gasteiger partial charge in [-0.2, -0.15) is 5.26 Å². The highest BCUT2D eigenvalue weighted by atomic mass is 15.1. The SMILES string of the molecule is CCN(CC)CCNc1nccc(C#N)c1N. The van der Waals surface area contributed by atoms with Crippen LogP contribution in [0.5, 0.6) is 0 Å². The molecule has 1 rings (SSSR count). The summed E-state index contributed by atoms with van der Waals surface area (Å²) in [6.45, 7) is 8.02. The average Bonchev–Trinajstić information content (AvgIpc) is 2.36. The van der Waals surface area contributed by atoms with Gasteiger partial charge in [0.1, 0.15) is 6.07 Å². The molecule has 5 heteroatoms. The van der Waals surface area contributed by atoms with Crippen LogP contribution in [-0.4, -0.2) is 36.1 Å². The van der Waals surface area contributed by atoms with E-state index in [0.29, 0.717) is 17.1 Å². The molecular formula is C12H19N5. The molecule has 17 heavy (non-hydrogen) atoms.